The van der Waals surface area contributed by atoms with Crippen LogP contribution < -0.4 is 5.32 Å². The van der Waals surface area contributed by atoms with E-state index in [1.807, 2.05) is 7.05 Å². The van der Waals surface area contributed by atoms with E-state index in [1.165, 1.54) is 0 Å². The van der Waals surface area contributed by atoms with Crippen molar-refractivity contribution in [2.75, 3.05) is 46.5 Å². The molecule has 2 heterocycles. The third-order valence-electron chi connectivity index (χ3n) is 4.04. The van der Waals surface area contributed by atoms with Crippen LogP contribution in [0, 0.1) is 0 Å². The molecule has 2 unspecified atom stereocenters. The van der Waals surface area contributed by atoms with Gasteiger partial charge in [0.2, 0.25) is 0 Å². The summed E-state index contributed by atoms with van der Waals surface area (Å²) in [5.41, 5.74) is 0. The summed E-state index contributed by atoms with van der Waals surface area (Å²) in [4.78, 5) is 6.68. The zero-order valence-corrected chi connectivity index (χ0v) is 17.0. The van der Waals surface area contributed by atoms with E-state index in [1.54, 1.807) is 0 Å². The lowest BCUT2D eigenvalue weighted by molar-refractivity contribution is -0.0817. The molecule has 2 saturated heterocycles. The molecule has 0 spiro atoms. The first-order chi connectivity index (χ1) is 10.7. The zero-order chi connectivity index (χ0) is 15.8. The van der Waals surface area contributed by atoms with Gasteiger partial charge >= 0.3 is 0 Å². The summed E-state index contributed by atoms with van der Waals surface area (Å²) in [6.07, 6.45) is 3.95. The summed E-state index contributed by atoms with van der Waals surface area (Å²) in [5.74, 6) is 0.954. The molecule has 0 radical (unpaired) electrons. The largest absolute Gasteiger partial charge is 0.379 e. The Morgan fingerprint density at radius 2 is 2.09 bits per heavy atom. The van der Waals surface area contributed by atoms with Crippen LogP contribution >= 0.6 is 24.0 Å². The number of ether oxygens (including phenoxy) is 3. The van der Waals surface area contributed by atoms with E-state index < -0.39 is 0 Å². The second kappa shape index (κ2) is 11.4. The van der Waals surface area contributed by atoms with Gasteiger partial charge in [-0.2, -0.15) is 0 Å². The highest BCUT2D eigenvalue weighted by Crippen LogP contribution is 2.20. The molecule has 0 aromatic carbocycles. The predicted molar refractivity (Wildman–Crippen MR) is 103 cm³/mol. The van der Waals surface area contributed by atoms with E-state index in [-0.39, 0.29) is 36.2 Å². The first kappa shape index (κ1) is 20.9. The van der Waals surface area contributed by atoms with Gasteiger partial charge < -0.3 is 24.4 Å². The lowest BCUT2D eigenvalue weighted by Crippen LogP contribution is -2.53. The number of nitrogens with zero attached hydrogens (tertiary/aromatic N) is 2. The standard InChI is InChI=1S/C16H31N3O3.HI/c1-13(2)20-10-5-7-18-16(17-3)19-8-11-22-15(12-19)14-6-4-9-21-14;/h13-15H,4-12H2,1-3H3,(H,17,18);1H. The van der Waals surface area contributed by atoms with Crippen molar-refractivity contribution in [3.8, 4) is 0 Å². The summed E-state index contributed by atoms with van der Waals surface area (Å²) in [7, 11) is 1.84. The van der Waals surface area contributed by atoms with Crippen LogP contribution in [0.4, 0.5) is 0 Å². The molecule has 2 rings (SSSR count). The Kier molecular flexibility index (Phi) is 10.4. The minimum Gasteiger partial charge on any atom is -0.379 e. The molecule has 2 fully saturated rings. The molecule has 0 amide bonds. The quantitative estimate of drug-likeness (QED) is 0.295. The van der Waals surface area contributed by atoms with E-state index in [9.17, 15) is 0 Å². The summed E-state index contributed by atoms with van der Waals surface area (Å²) < 4.78 is 17.2. The zero-order valence-electron chi connectivity index (χ0n) is 14.6. The highest BCUT2D eigenvalue weighted by molar-refractivity contribution is 14.0. The average Bonchev–Trinajstić information content (AvgIpc) is 3.05. The second-order valence-electron chi connectivity index (χ2n) is 6.15. The van der Waals surface area contributed by atoms with Crippen LogP contribution in [-0.4, -0.2) is 75.7 Å². The van der Waals surface area contributed by atoms with Crippen molar-refractivity contribution in [3.05, 3.63) is 0 Å². The lowest BCUT2D eigenvalue weighted by atomic mass is 10.1. The Labute approximate surface area is 157 Å². The maximum Gasteiger partial charge on any atom is 0.193 e. The Morgan fingerprint density at radius 3 is 2.74 bits per heavy atom. The predicted octanol–water partition coefficient (Wildman–Crippen LogP) is 1.87. The Balaban J connectivity index is 0.00000264. The number of halogens is 1. The van der Waals surface area contributed by atoms with E-state index in [2.05, 4.69) is 29.1 Å². The third-order valence-corrected chi connectivity index (χ3v) is 4.04. The third kappa shape index (κ3) is 7.11. The SMILES string of the molecule is CN=C(NCCCOC(C)C)N1CCOC(C2CCCO2)C1.I. The molecule has 0 bridgehead atoms. The molecular formula is C16H32IN3O3. The molecule has 2 aliphatic heterocycles. The number of guanidine groups is 1. The van der Waals surface area contributed by atoms with Gasteiger partial charge in [0.05, 0.1) is 18.8 Å². The molecule has 2 atom stereocenters. The summed E-state index contributed by atoms with van der Waals surface area (Å²) in [6.45, 7) is 9.12. The van der Waals surface area contributed by atoms with Crippen LogP contribution in [0.25, 0.3) is 0 Å². The van der Waals surface area contributed by atoms with Crippen LogP contribution in [0.1, 0.15) is 33.1 Å². The molecule has 0 aromatic heterocycles. The van der Waals surface area contributed by atoms with Crippen molar-refractivity contribution in [2.24, 2.45) is 4.99 Å². The Morgan fingerprint density at radius 1 is 1.30 bits per heavy atom. The second-order valence-corrected chi connectivity index (χ2v) is 6.15. The smallest absolute Gasteiger partial charge is 0.193 e. The fourth-order valence-electron chi connectivity index (χ4n) is 2.91. The van der Waals surface area contributed by atoms with Crippen molar-refractivity contribution in [2.45, 2.75) is 51.4 Å². The van der Waals surface area contributed by atoms with Gasteiger partial charge in [0, 0.05) is 39.9 Å². The van der Waals surface area contributed by atoms with Crippen molar-refractivity contribution in [1.29, 1.82) is 0 Å². The summed E-state index contributed by atoms with van der Waals surface area (Å²) >= 11 is 0. The first-order valence-corrected chi connectivity index (χ1v) is 8.51. The normalized spacial score (nSPS) is 25.6. The number of morpholine rings is 1. The van der Waals surface area contributed by atoms with Gasteiger partial charge in [-0.1, -0.05) is 0 Å². The Bertz CT molecular complexity index is 349. The van der Waals surface area contributed by atoms with Crippen LogP contribution in [-0.2, 0) is 14.2 Å². The number of hydrogen-bond acceptors (Lipinski definition) is 4. The highest BCUT2D eigenvalue weighted by Gasteiger charge is 2.32. The fourth-order valence-corrected chi connectivity index (χ4v) is 2.91. The van der Waals surface area contributed by atoms with Gasteiger partial charge in [0.25, 0.3) is 0 Å². The first-order valence-electron chi connectivity index (χ1n) is 8.51. The monoisotopic (exact) mass is 441 g/mol. The van der Waals surface area contributed by atoms with Gasteiger partial charge in [-0.3, -0.25) is 4.99 Å². The maximum atomic E-state index is 5.89. The van der Waals surface area contributed by atoms with Crippen molar-refractivity contribution >= 4 is 29.9 Å². The fraction of sp³-hybridized carbons (Fsp3) is 0.938. The Hall–Kier alpha value is -0.120. The van der Waals surface area contributed by atoms with Crippen LogP contribution in [0.3, 0.4) is 0 Å². The molecule has 2 aliphatic rings. The molecule has 0 aliphatic carbocycles. The number of hydrogen-bond donors (Lipinski definition) is 1. The summed E-state index contributed by atoms with van der Waals surface area (Å²) in [6, 6.07) is 0. The minimum absolute atomic E-state index is 0. The number of nitrogens with one attached hydrogen (secondary N) is 1. The maximum absolute atomic E-state index is 5.89. The minimum atomic E-state index is 0. The van der Waals surface area contributed by atoms with Crippen molar-refractivity contribution < 1.29 is 14.2 Å². The molecule has 23 heavy (non-hydrogen) atoms. The molecule has 1 N–H and O–H groups in total. The van der Waals surface area contributed by atoms with E-state index >= 15 is 0 Å². The van der Waals surface area contributed by atoms with Crippen LogP contribution in [0.15, 0.2) is 4.99 Å². The van der Waals surface area contributed by atoms with E-state index in [0.29, 0.717) is 6.10 Å². The van der Waals surface area contributed by atoms with Gasteiger partial charge in [-0.25, -0.2) is 0 Å². The lowest BCUT2D eigenvalue weighted by Gasteiger charge is -2.37. The van der Waals surface area contributed by atoms with Crippen LogP contribution in [0.2, 0.25) is 0 Å². The van der Waals surface area contributed by atoms with Crippen molar-refractivity contribution in [1.82, 2.24) is 10.2 Å². The summed E-state index contributed by atoms with van der Waals surface area (Å²) in [5, 5.41) is 3.42. The topological polar surface area (TPSA) is 55.3 Å². The van der Waals surface area contributed by atoms with E-state index in [0.717, 1.165) is 64.7 Å². The van der Waals surface area contributed by atoms with Gasteiger partial charge in [-0.15, -0.1) is 24.0 Å². The van der Waals surface area contributed by atoms with Gasteiger partial charge in [-0.05, 0) is 33.1 Å². The highest BCUT2D eigenvalue weighted by atomic mass is 127. The van der Waals surface area contributed by atoms with Crippen molar-refractivity contribution in [3.63, 3.8) is 0 Å². The molecule has 0 aromatic rings. The number of rotatable bonds is 6. The average molecular weight is 441 g/mol. The van der Waals surface area contributed by atoms with Gasteiger partial charge in [0.1, 0.15) is 6.10 Å². The van der Waals surface area contributed by atoms with Crippen LogP contribution in [0.5, 0.6) is 0 Å². The number of aliphatic imine (C=N–C) groups is 1. The molecule has 136 valence electrons. The van der Waals surface area contributed by atoms with Gasteiger partial charge in [0.15, 0.2) is 5.96 Å². The van der Waals surface area contributed by atoms with E-state index in [4.69, 9.17) is 14.2 Å². The molecule has 6 nitrogen and oxygen atoms in total. The molecule has 7 heteroatoms. The molecular weight excluding hydrogens is 409 g/mol. The molecule has 0 saturated carbocycles.